The molecule has 2 rings (SSSR count). The standard InChI is InChI=1S/C12H19N3/c1-9(2)15-6-5-14-11-7-10(8-13)3-4-12(11)15/h3-4,7,9,14H,5-6,8,13H2,1-2H3. The van der Waals surface area contributed by atoms with E-state index in [1.165, 1.54) is 16.9 Å². The summed E-state index contributed by atoms with van der Waals surface area (Å²) < 4.78 is 0. The van der Waals surface area contributed by atoms with Crippen LogP contribution in [0.25, 0.3) is 0 Å². The third kappa shape index (κ3) is 1.92. The van der Waals surface area contributed by atoms with Gasteiger partial charge >= 0.3 is 0 Å². The average Bonchev–Trinajstić information content (AvgIpc) is 2.27. The highest BCUT2D eigenvalue weighted by Gasteiger charge is 2.18. The predicted octanol–water partition coefficient (Wildman–Crippen LogP) is 1.79. The molecular formula is C12H19N3. The first-order chi connectivity index (χ1) is 7.22. The Labute approximate surface area is 91.3 Å². The van der Waals surface area contributed by atoms with Gasteiger partial charge in [0.2, 0.25) is 0 Å². The van der Waals surface area contributed by atoms with Crippen LogP contribution in [0, 0.1) is 0 Å². The molecule has 0 amide bonds. The molecule has 15 heavy (non-hydrogen) atoms. The number of hydrogen-bond donors (Lipinski definition) is 2. The van der Waals surface area contributed by atoms with E-state index in [1.807, 2.05) is 0 Å². The van der Waals surface area contributed by atoms with E-state index in [0.29, 0.717) is 12.6 Å². The second-order valence-electron chi connectivity index (χ2n) is 4.27. The van der Waals surface area contributed by atoms with Gasteiger partial charge in [-0.1, -0.05) is 6.07 Å². The monoisotopic (exact) mass is 205 g/mol. The van der Waals surface area contributed by atoms with Gasteiger partial charge in [0.1, 0.15) is 0 Å². The van der Waals surface area contributed by atoms with Crippen molar-refractivity contribution in [1.29, 1.82) is 0 Å². The van der Waals surface area contributed by atoms with Crippen molar-refractivity contribution in [2.75, 3.05) is 23.3 Å². The Balaban J connectivity index is 2.36. The van der Waals surface area contributed by atoms with E-state index >= 15 is 0 Å². The van der Waals surface area contributed by atoms with Crippen LogP contribution in [0.4, 0.5) is 11.4 Å². The summed E-state index contributed by atoms with van der Waals surface area (Å²) in [7, 11) is 0. The smallest absolute Gasteiger partial charge is 0.0605 e. The first kappa shape index (κ1) is 10.3. The normalized spacial score (nSPS) is 15.1. The van der Waals surface area contributed by atoms with Gasteiger partial charge in [0.05, 0.1) is 11.4 Å². The van der Waals surface area contributed by atoms with E-state index in [0.717, 1.165) is 13.1 Å². The van der Waals surface area contributed by atoms with Crippen molar-refractivity contribution in [2.45, 2.75) is 26.4 Å². The number of nitrogens with one attached hydrogen (secondary N) is 1. The van der Waals surface area contributed by atoms with Crippen LogP contribution < -0.4 is 16.0 Å². The lowest BCUT2D eigenvalue weighted by atomic mass is 10.1. The Hall–Kier alpha value is -1.22. The van der Waals surface area contributed by atoms with Crippen LogP contribution in [-0.2, 0) is 6.54 Å². The van der Waals surface area contributed by atoms with Crippen LogP contribution in [0.2, 0.25) is 0 Å². The van der Waals surface area contributed by atoms with Gasteiger partial charge in [0.15, 0.2) is 0 Å². The van der Waals surface area contributed by atoms with E-state index in [1.54, 1.807) is 0 Å². The lowest BCUT2D eigenvalue weighted by Gasteiger charge is -2.35. The largest absolute Gasteiger partial charge is 0.382 e. The fourth-order valence-corrected chi connectivity index (χ4v) is 2.07. The summed E-state index contributed by atoms with van der Waals surface area (Å²) in [5.41, 5.74) is 9.34. The zero-order valence-electron chi connectivity index (χ0n) is 9.46. The van der Waals surface area contributed by atoms with Gasteiger partial charge in [0, 0.05) is 25.7 Å². The molecule has 3 N–H and O–H groups in total. The molecule has 3 heteroatoms. The highest BCUT2D eigenvalue weighted by Crippen LogP contribution is 2.31. The summed E-state index contributed by atoms with van der Waals surface area (Å²) in [5.74, 6) is 0. The molecule has 82 valence electrons. The molecule has 1 aromatic rings. The second-order valence-corrected chi connectivity index (χ2v) is 4.27. The van der Waals surface area contributed by atoms with Gasteiger partial charge in [-0.3, -0.25) is 0 Å². The van der Waals surface area contributed by atoms with Crippen molar-refractivity contribution in [3.8, 4) is 0 Å². The molecule has 0 spiro atoms. The summed E-state index contributed by atoms with van der Waals surface area (Å²) in [6, 6.07) is 6.99. The zero-order chi connectivity index (χ0) is 10.8. The number of hydrogen-bond acceptors (Lipinski definition) is 3. The minimum absolute atomic E-state index is 0.551. The Morgan fingerprint density at radius 3 is 2.93 bits per heavy atom. The van der Waals surface area contributed by atoms with E-state index in [2.05, 4.69) is 42.3 Å². The van der Waals surface area contributed by atoms with Crippen molar-refractivity contribution in [3.05, 3.63) is 23.8 Å². The van der Waals surface area contributed by atoms with Crippen molar-refractivity contribution < 1.29 is 0 Å². The number of anilines is 2. The lowest BCUT2D eigenvalue weighted by Crippen LogP contribution is -2.38. The first-order valence-electron chi connectivity index (χ1n) is 5.56. The Morgan fingerprint density at radius 1 is 1.47 bits per heavy atom. The molecule has 0 fully saturated rings. The Bertz CT molecular complexity index is 347. The topological polar surface area (TPSA) is 41.3 Å². The maximum absolute atomic E-state index is 5.64. The van der Waals surface area contributed by atoms with Crippen LogP contribution >= 0.6 is 0 Å². The minimum Gasteiger partial charge on any atom is -0.382 e. The fourth-order valence-electron chi connectivity index (χ4n) is 2.07. The van der Waals surface area contributed by atoms with Gasteiger partial charge in [-0.15, -0.1) is 0 Å². The highest BCUT2D eigenvalue weighted by molar-refractivity contribution is 5.73. The molecule has 0 radical (unpaired) electrons. The number of nitrogens with zero attached hydrogens (tertiary/aromatic N) is 1. The maximum atomic E-state index is 5.64. The molecule has 0 aliphatic carbocycles. The summed E-state index contributed by atoms with van der Waals surface area (Å²) in [6.45, 7) is 7.15. The van der Waals surface area contributed by atoms with Gasteiger partial charge in [-0.2, -0.15) is 0 Å². The molecule has 1 aliphatic rings. The van der Waals surface area contributed by atoms with E-state index < -0.39 is 0 Å². The first-order valence-corrected chi connectivity index (χ1v) is 5.56. The highest BCUT2D eigenvalue weighted by atomic mass is 15.2. The minimum atomic E-state index is 0.551. The van der Waals surface area contributed by atoms with Gasteiger partial charge < -0.3 is 16.0 Å². The SMILES string of the molecule is CC(C)N1CCNc2cc(CN)ccc21. The van der Waals surface area contributed by atoms with Crippen molar-refractivity contribution in [1.82, 2.24) is 0 Å². The number of nitrogens with two attached hydrogens (primary N) is 1. The average molecular weight is 205 g/mol. The molecule has 0 aromatic heterocycles. The van der Waals surface area contributed by atoms with Crippen LogP contribution in [0.1, 0.15) is 19.4 Å². The van der Waals surface area contributed by atoms with Crippen LogP contribution in [0.3, 0.4) is 0 Å². The van der Waals surface area contributed by atoms with E-state index in [4.69, 9.17) is 5.73 Å². The molecule has 0 saturated carbocycles. The van der Waals surface area contributed by atoms with Crippen molar-refractivity contribution >= 4 is 11.4 Å². The third-order valence-corrected chi connectivity index (χ3v) is 2.90. The zero-order valence-corrected chi connectivity index (χ0v) is 9.46. The second kappa shape index (κ2) is 4.11. The maximum Gasteiger partial charge on any atom is 0.0605 e. The molecule has 0 atom stereocenters. The molecule has 3 nitrogen and oxygen atoms in total. The molecular weight excluding hydrogens is 186 g/mol. The number of fused-ring (bicyclic) bond motifs is 1. The number of rotatable bonds is 2. The van der Waals surface area contributed by atoms with Gasteiger partial charge in [-0.25, -0.2) is 0 Å². The van der Waals surface area contributed by atoms with Crippen molar-refractivity contribution in [3.63, 3.8) is 0 Å². The number of benzene rings is 1. The van der Waals surface area contributed by atoms with Crippen molar-refractivity contribution in [2.24, 2.45) is 5.73 Å². The summed E-state index contributed by atoms with van der Waals surface area (Å²) >= 11 is 0. The molecule has 1 aliphatic heterocycles. The van der Waals surface area contributed by atoms with Gasteiger partial charge in [-0.05, 0) is 31.5 Å². The fraction of sp³-hybridized carbons (Fsp3) is 0.500. The summed E-state index contributed by atoms with van der Waals surface area (Å²) in [6.07, 6.45) is 0. The van der Waals surface area contributed by atoms with E-state index in [9.17, 15) is 0 Å². The van der Waals surface area contributed by atoms with E-state index in [-0.39, 0.29) is 0 Å². The summed E-state index contributed by atoms with van der Waals surface area (Å²) in [4.78, 5) is 2.42. The van der Waals surface area contributed by atoms with Gasteiger partial charge in [0.25, 0.3) is 0 Å². The predicted molar refractivity (Wildman–Crippen MR) is 65.3 cm³/mol. The third-order valence-electron chi connectivity index (χ3n) is 2.90. The van der Waals surface area contributed by atoms with Crippen LogP contribution in [0.5, 0.6) is 0 Å². The van der Waals surface area contributed by atoms with Crippen LogP contribution in [-0.4, -0.2) is 19.1 Å². The molecule has 1 heterocycles. The quantitative estimate of drug-likeness (QED) is 0.773. The summed E-state index contributed by atoms with van der Waals surface area (Å²) in [5, 5.41) is 3.42. The lowest BCUT2D eigenvalue weighted by molar-refractivity contribution is 0.681. The Kier molecular flexibility index (Phi) is 2.82. The molecule has 0 unspecified atom stereocenters. The molecule has 0 saturated heterocycles. The molecule has 1 aromatic carbocycles. The van der Waals surface area contributed by atoms with Crippen LogP contribution in [0.15, 0.2) is 18.2 Å². The molecule has 0 bridgehead atoms. The Morgan fingerprint density at radius 2 is 2.27 bits per heavy atom.